The molecule has 0 aliphatic rings. The zero-order valence-corrected chi connectivity index (χ0v) is 10.7. The molecule has 5 nitrogen and oxygen atoms in total. The lowest BCUT2D eigenvalue weighted by Gasteiger charge is -2.28. The largest absolute Gasteiger partial charge is 0.398 e. The number of nitrogen functional groups attached to an aromatic ring is 1. The number of primary amides is 1. The SMILES string of the molecule is CN(CC(C)(C)O)c1cc(C(N)=O)c(N)cc1F. The molecule has 6 heteroatoms. The van der Waals surface area contributed by atoms with Gasteiger partial charge in [0, 0.05) is 19.3 Å². The van der Waals surface area contributed by atoms with Crippen LogP contribution in [0.2, 0.25) is 0 Å². The van der Waals surface area contributed by atoms with Crippen LogP contribution >= 0.6 is 0 Å². The van der Waals surface area contributed by atoms with Gasteiger partial charge in [0.15, 0.2) is 0 Å². The van der Waals surface area contributed by atoms with Crippen molar-refractivity contribution in [3.63, 3.8) is 0 Å². The molecule has 0 aliphatic carbocycles. The Kier molecular flexibility index (Phi) is 3.81. The molecule has 1 rings (SSSR count). The summed E-state index contributed by atoms with van der Waals surface area (Å²) in [6, 6.07) is 2.34. The molecule has 0 fully saturated rings. The zero-order valence-electron chi connectivity index (χ0n) is 10.7. The lowest BCUT2D eigenvalue weighted by molar-refractivity contribution is 0.0885. The van der Waals surface area contributed by atoms with Crippen LogP contribution in [-0.2, 0) is 0 Å². The van der Waals surface area contributed by atoms with Gasteiger partial charge in [-0.3, -0.25) is 4.79 Å². The fourth-order valence-electron chi connectivity index (χ4n) is 1.75. The highest BCUT2D eigenvalue weighted by Gasteiger charge is 2.20. The van der Waals surface area contributed by atoms with Crippen molar-refractivity contribution in [1.29, 1.82) is 0 Å². The fourth-order valence-corrected chi connectivity index (χ4v) is 1.75. The Morgan fingerprint density at radius 1 is 1.50 bits per heavy atom. The normalized spacial score (nSPS) is 11.4. The van der Waals surface area contributed by atoms with Crippen molar-refractivity contribution >= 4 is 17.3 Å². The molecule has 0 unspecified atom stereocenters. The summed E-state index contributed by atoms with van der Waals surface area (Å²) in [6.07, 6.45) is 0. The van der Waals surface area contributed by atoms with Crippen molar-refractivity contribution < 1.29 is 14.3 Å². The summed E-state index contributed by atoms with van der Waals surface area (Å²) >= 11 is 0. The minimum absolute atomic E-state index is 0.000378. The molecule has 0 spiro atoms. The van der Waals surface area contributed by atoms with Crippen LogP contribution in [0.5, 0.6) is 0 Å². The van der Waals surface area contributed by atoms with Gasteiger partial charge >= 0.3 is 0 Å². The molecular weight excluding hydrogens is 237 g/mol. The monoisotopic (exact) mass is 255 g/mol. The molecule has 0 atom stereocenters. The van der Waals surface area contributed by atoms with Crippen LogP contribution in [-0.4, -0.2) is 30.2 Å². The number of rotatable bonds is 4. The Labute approximate surface area is 105 Å². The van der Waals surface area contributed by atoms with E-state index in [-0.39, 0.29) is 23.5 Å². The average molecular weight is 255 g/mol. The van der Waals surface area contributed by atoms with Crippen LogP contribution < -0.4 is 16.4 Å². The van der Waals surface area contributed by atoms with Crippen molar-refractivity contribution in [1.82, 2.24) is 0 Å². The van der Waals surface area contributed by atoms with Gasteiger partial charge in [-0.2, -0.15) is 0 Å². The smallest absolute Gasteiger partial charge is 0.250 e. The lowest BCUT2D eigenvalue weighted by Crippen LogP contribution is -2.36. The van der Waals surface area contributed by atoms with Gasteiger partial charge in [0.05, 0.1) is 16.9 Å². The van der Waals surface area contributed by atoms with Crippen molar-refractivity contribution in [2.75, 3.05) is 24.2 Å². The minimum atomic E-state index is -0.991. The van der Waals surface area contributed by atoms with Gasteiger partial charge in [-0.15, -0.1) is 0 Å². The predicted molar refractivity (Wildman–Crippen MR) is 68.9 cm³/mol. The van der Waals surface area contributed by atoms with E-state index >= 15 is 0 Å². The highest BCUT2D eigenvalue weighted by atomic mass is 19.1. The number of hydrogen-bond acceptors (Lipinski definition) is 4. The third-order valence-corrected chi connectivity index (χ3v) is 2.42. The maximum absolute atomic E-state index is 13.8. The second-order valence-corrected chi connectivity index (χ2v) is 4.92. The minimum Gasteiger partial charge on any atom is -0.398 e. The van der Waals surface area contributed by atoms with Crippen LogP contribution in [0.1, 0.15) is 24.2 Å². The zero-order chi connectivity index (χ0) is 14.1. The number of aliphatic hydroxyl groups is 1. The van der Waals surface area contributed by atoms with E-state index in [1.807, 2.05) is 0 Å². The molecule has 100 valence electrons. The van der Waals surface area contributed by atoms with Crippen LogP contribution in [0, 0.1) is 5.82 Å². The topological polar surface area (TPSA) is 92.6 Å². The van der Waals surface area contributed by atoms with Crippen LogP contribution in [0.3, 0.4) is 0 Å². The summed E-state index contributed by atoms with van der Waals surface area (Å²) < 4.78 is 13.8. The third-order valence-electron chi connectivity index (χ3n) is 2.42. The lowest BCUT2D eigenvalue weighted by atomic mass is 10.1. The van der Waals surface area contributed by atoms with Gasteiger partial charge in [0.1, 0.15) is 5.82 Å². The molecule has 0 bridgehead atoms. The van der Waals surface area contributed by atoms with Crippen molar-refractivity contribution in [3.8, 4) is 0 Å². The Morgan fingerprint density at radius 3 is 2.50 bits per heavy atom. The number of nitrogens with two attached hydrogens (primary N) is 2. The van der Waals surface area contributed by atoms with E-state index in [1.165, 1.54) is 11.0 Å². The molecular formula is C12H18FN3O2. The third kappa shape index (κ3) is 3.33. The Balaban J connectivity index is 3.16. The molecule has 1 aromatic carbocycles. The summed E-state index contributed by atoms with van der Waals surface area (Å²) in [6.45, 7) is 3.41. The van der Waals surface area contributed by atoms with E-state index in [4.69, 9.17) is 11.5 Å². The van der Waals surface area contributed by atoms with E-state index in [9.17, 15) is 14.3 Å². The number of anilines is 2. The second-order valence-electron chi connectivity index (χ2n) is 4.92. The Bertz CT molecular complexity index is 469. The molecule has 0 aliphatic heterocycles. The maximum Gasteiger partial charge on any atom is 0.250 e. The summed E-state index contributed by atoms with van der Waals surface area (Å²) in [5.41, 5.74) is 9.90. The summed E-state index contributed by atoms with van der Waals surface area (Å²) in [7, 11) is 1.61. The molecule has 18 heavy (non-hydrogen) atoms. The van der Waals surface area contributed by atoms with Gasteiger partial charge in [-0.25, -0.2) is 4.39 Å². The van der Waals surface area contributed by atoms with Gasteiger partial charge in [0.2, 0.25) is 0 Å². The standard InChI is InChI=1S/C12H18FN3O2/c1-12(2,18)6-16(3)10-4-7(11(15)17)9(14)5-8(10)13/h4-5,18H,6,14H2,1-3H3,(H2,15,17). The number of benzene rings is 1. The van der Waals surface area contributed by atoms with Crippen molar-refractivity contribution in [2.45, 2.75) is 19.4 Å². The van der Waals surface area contributed by atoms with E-state index in [1.54, 1.807) is 20.9 Å². The van der Waals surface area contributed by atoms with Crippen molar-refractivity contribution in [3.05, 3.63) is 23.5 Å². The van der Waals surface area contributed by atoms with Gasteiger partial charge in [-0.05, 0) is 26.0 Å². The second kappa shape index (κ2) is 4.81. The van der Waals surface area contributed by atoms with Crippen LogP contribution in [0.15, 0.2) is 12.1 Å². The first kappa shape index (κ1) is 14.2. The van der Waals surface area contributed by atoms with Gasteiger partial charge in [-0.1, -0.05) is 0 Å². The molecule has 0 radical (unpaired) electrons. The van der Waals surface area contributed by atoms with Crippen LogP contribution in [0.4, 0.5) is 15.8 Å². The summed E-state index contributed by atoms with van der Waals surface area (Å²) in [5, 5.41) is 9.69. The Hall–Kier alpha value is -1.82. The number of carbonyl (C=O) groups is 1. The van der Waals surface area contributed by atoms with E-state index in [0.29, 0.717) is 0 Å². The summed E-state index contributed by atoms with van der Waals surface area (Å²) in [5.74, 6) is -1.28. The van der Waals surface area contributed by atoms with E-state index in [0.717, 1.165) is 6.07 Å². The first-order chi connectivity index (χ1) is 8.11. The average Bonchev–Trinajstić information content (AvgIpc) is 2.13. The van der Waals surface area contributed by atoms with Crippen molar-refractivity contribution in [2.24, 2.45) is 5.73 Å². The number of likely N-dealkylation sites (N-methyl/N-ethyl adjacent to an activating group) is 1. The quantitative estimate of drug-likeness (QED) is 0.691. The fraction of sp³-hybridized carbons (Fsp3) is 0.417. The molecule has 0 aromatic heterocycles. The number of halogens is 1. The number of nitrogens with zero attached hydrogens (tertiary/aromatic N) is 1. The molecule has 1 aromatic rings. The number of carbonyl (C=O) groups excluding carboxylic acids is 1. The van der Waals surface area contributed by atoms with Gasteiger partial charge in [0.25, 0.3) is 5.91 Å². The van der Waals surface area contributed by atoms with E-state index in [2.05, 4.69) is 0 Å². The number of hydrogen-bond donors (Lipinski definition) is 3. The first-order valence-corrected chi connectivity index (χ1v) is 5.44. The Morgan fingerprint density at radius 2 is 2.06 bits per heavy atom. The highest BCUT2D eigenvalue weighted by Crippen LogP contribution is 2.25. The molecule has 5 N–H and O–H groups in total. The molecule has 0 saturated heterocycles. The molecule has 1 amide bonds. The number of amides is 1. The summed E-state index contributed by atoms with van der Waals surface area (Å²) in [4.78, 5) is 12.6. The molecule has 0 heterocycles. The maximum atomic E-state index is 13.8. The predicted octanol–water partition coefficient (Wildman–Crippen LogP) is 0.714. The van der Waals surface area contributed by atoms with E-state index < -0.39 is 17.3 Å². The van der Waals surface area contributed by atoms with Crippen LogP contribution in [0.25, 0.3) is 0 Å². The first-order valence-electron chi connectivity index (χ1n) is 5.44. The highest BCUT2D eigenvalue weighted by molar-refractivity contribution is 5.99. The van der Waals surface area contributed by atoms with Gasteiger partial charge < -0.3 is 21.5 Å². The molecule has 0 saturated carbocycles.